The molecule has 0 unspecified atom stereocenters. The zero-order valence-corrected chi connectivity index (χ0v) is 10.8. The van der Waals surface area contributed by atoms with Gasteiger partial charge in [0.1, 0.15) is 0 Å². The third kappa shape index (κ3) is 3.89. The van der Waals surface area contributed by atoms with E-state index in [0.29, 0.717) is 12.3 Å². The second-order valence-corrected chi connectivity index (χ2v) is 4.80. The molecule has 0 atom stereocenters. The molecule has 2 rings (SSSR count). The van der Waals surface area contributed by atoms with E-state index in [2.05, 4.69) is 5.38 Å². The molecule has 0 fully saturated rings. The summed E-state index contributed by atoms with van der Waals surface area (Å²) in [6, 6.07) is 9.34. The topological polar surface area (TPSA) is 52.3 Å². The van der Waals surface area contributed by atoms with Gasteiger partial charge in [0.15, 0.2) is 0 Å². The van der Waals surface area contributed by atoms with Crippen LogP contribution >= 0.6 is 11.3 Å². The maximum Gasteiger partial charge on any atom is 0.310 e. The Morgan fingerprint density at radius 3 is 2.89 bits per heavy atom. The standard InChI is InChI=1S/C14H15NO2S/c15-13-3-1-2-12(8-13)9-14(16)17-6-4-11-5-7-18-10-11/h1-3,5,7-8,10H,4,6,9,15H2. The van der Waals surface area contributed by atoms with Gasteiger partial charge in [-0.25, -0.2) is 0 Å². The monoisotopic (exact) mass is 261 g/mol. The quantitative estimate of drug-likeness (QED) is 0.665. The van der Waals surface area contributed by atoms with Crippen molar-refractivity contribution in [2.24, 2.45) is 0 Å². The average molecular weight is 261 g/mol. The molecule has 0 aliphatic heterocycles. The van der Waals surface area contributed by atoms with Crippen molar-refractivity contribution in [2.45, 2.75) is 12.8 Å². The van der Waals surface area contributed by atoms with Gasteiger partial charge in [0.25, 0.3) is 0 Å². The molecule has 0 amide bonds. The summed E-state index contributed by atoms with van der Waals surface area (Å²) in [5.74, 6) is -0.212. The van der Waals surface area contributed by atoms with Gasteiger partial charge < -0.3 is 10.5 Å². The van der Waals surface area contributed by atoms with Crippen LogP contribution in [0.3, 0.4) is 0 Å². The first-order valence-electron chi connectivity index (χ1n) is 5.75. The zero-order chi connectivity index (χ0) is 12.8. The van der Waals surface area contributed by atoms with E-state index in [0.717, 1.165) is 12.0 Å². The predicted octanol–water partition coefficient (Wildman–Crippen LogP) is 2.66. The van der Waals surface area contributed by atoms with E-state index in [1.165, 1.54) is 5.56 Å². The fourth-order valence-corrected chi connectivity index (χ4v) is 2.34. The molecule has 4 heteroatoms. The molecule has 1 aromatic heterocycles. The van der Waals surface area contributed by atoms with Crippen molar-refractivity contribution < 1.29 is 9.53 Å². The summed E-state index contributed by atoms with van der Waals surface area (Å²) in [4.78, 5) is 11.6. The third-order valence-corrected chi connectivity index (χ3v) is 3.27. The Morgan fingerprint density at radius 1 is 1.28 bits per heavy atom. The SMILES string of the molecule is Nc1cccc(CC(=O)OCCc2ccsc2)c1. The maximum absolute atomic E-state index is 11.6. The van der Waals surface area contributed by atoms with Gasteiger partial charge in [-0.2, -0.15) is 11.3 Å². The highest BCUT2D eigenvalue weighted by Crippen LogP contribution is 2.09. The lowest BCUT2D eigenvalue weighted by Crippen LogP contribution is -2.10. The van der Waals surface area contributed by atoms with Gasteiger partial charge in [-0.15, -0.1) is 0 Å². The van der Waals surface area contributed by atoms with Crippen LogP contribution in [0.4, 0.5) is 5.69 Å². The number of hydrogen-bond acceptors (Lipinski definition) is 4. The molecule has 2 aromatic rings. The Hall–Kier alpha value is -1.81. The minimum absolute atomic E-state index is 0.212. The van der Waals surface area contributed by atoms with Crippen LogP contribution in [0.5, 0.6) is 0 Å². The zero-order valence-electron chi connectivity index (χ0n) is 9.96. The first kappa shape index (κ1) is 12.6. The summed E-state index contributed by atoms with van der Waals surface area (Å²) in [6.45, 7) is 0.428. The van der Waals surface area contributed by atoms with E-state index in [-0.39, 0.29) is 12.4 Å². The fourth-order valence-electron chi connectivity index (χ4n) is 1.64. The number of esters is 1. The number of ether oxygens (including phenoxy) is 1. The number of carbonyl (C=O) groups is 1. The van der Waals surface area contributed by atoms with Crippen LogP contribution in [-0.4, -0.2) is 12.6 Å². The Morgan fingerprint density at radius 2 is 2.17 bits per heavy atom. The number of nitrogens with two attached hydrogens (primary N) is 1. The number of benzene rings is 1. The number of nitrogen functional groups attached to an aromatic ring is 1. The van der Waals surface area contributed by atoms with Gasteiger partial charge in [0, 0.05) is 12.1 Å². The van der Waals surface area contributed by atoms with E-state index in [1.54, 1.807) is 23.5 Å². The number of anilines is 1. The van der Waals surface area contributed by atoms with Crippen molar-refractivity contribution in [3.8, 4) is 0 Å². The number of rotatable bonds is 5. The maximum atomic E-state index is 11.6. The second-order valence-electron chi connectivity index (χ2n) is 4.02. The lowest BCUT2D eigenvalue weighted by Gasteiger charge is -2.04. The van der Waals surface area contributed by atoms with Gasteiger partial charge in [0.05, 0.1) is 13.0 Å². The molecule has 0 saturated carbocycles. The Kier molecular flexibility index (Phi) is 4.36. The van der Waals surface area contributed by atoms with Crippen molar-refractivity contribution in [1.29, 1.82) is 0 Å². The van der Waals surface area contributed by atoms with Crippen LogP contribution in [0, 0.1) is 0 Å². The molecule has 0 aliphatic carbocycles. The average Bonchev–Trinajstić information content (AvgIpc) is 2.82. The summed E-state index contributed by atoms with van der Waals surface area (Å²) in [7, 11) is 0. The van der Waals surface area contributed by atoms with Gasteiger partial charge >= 0.3 is 5.97 Å². The molecule has 0 saturated heterocycles. The minimum Gasteiger partial charge on any atom is -0.465 e. The molecule has 0 bridgehead atoms. The molecule has 18 heavy (non-hydrogen) atoms. The van der Waals surface area contributed by atoms with E-state index in [9.17, 15) is 4.79 Å². The smallest absolute Gasteiger partial charge is 0.310 e. The van der Waals surface area contributed by atoms with Crippen LogP contribution in [0.1, 0.15) is 11.1 Å². The highest BCUT2D eigenvalue weighted by Gasteiger charge is 2.05. The Balaban J connectivity index is 1.75. The first-order valence-corrected chi connectivity index (χ1v) is 6.69. The first-order chi connectivity index (χ1) is 8.74. The summed E-state index contributed by atoms with van der Waals surface area (Å²) in [5.41, 5.74) is 8.40. The van der Waals surface area contributed by atoms with Crippen LogP contribution in [0.25, 0.3) is 0 Å². The van der Waals surface area contributed by atoms with Gasteiger partial charge in [-0.05, 0) is 40.1 Å². The lowest BCUT2D eigenvalue weighted by molar-refractivity contribution is -0.142. The molecule has 2 N–H and O–H groups in total. The number of thiophene rings is 1. The van der Waals surface area contributed by atoms with Crippen LogP contribution in [-0.2, 0) is 22.4 Å². The highest BCUT2D eigenvalue weighted by atomic mass is 32.1. The van der Waals surface area contributed by atoms with Gasteiger partial charge in [-0.1, -0.05) is 12.1 Å². The number of carbonyl (C=O) groups excluding carboxylic acids is 1. The van der Waals surface area contributed by atoms with Crippen molar-refractivity contribution in [2.75, 3.05) is 12.3 Å². The van der Waals surface area contributed by atoms with Crippen molar-refractivity contribution in [3.05, 3.63) is 52.2 Å². The molecule has 3 nitrogen and oxygen atoms in total. The van der Waals surface area contributed by atoms with Crippen LogP contribution in [0.2, 0.25) is 0 Å². The molecule has 94 valence electrons. The minimum atomic E-state index is -0.212. The van der Waals surface area contributed by atoms with E-state index < -0.39 is 0 Å². The molecule has 0 radical (unpaired) electrons. The summed E-state index contributed by atoms with van der Waals surface area (Å²) in [5, 5.41) is 4.08. The highest BCUT2D eigenvalue weighted by molar-refractivity contribution is 7.07. The fraction of sp³-hybridized carbons (Fsp3) is 0.214. The molecular formula is C14H15NO2S. The normalized spacial score (nSPS) is 10.2. The summed E-state index contributed by atoms with van der Waals surface area (Å²) >= 11 is 1.65. The van der Waals surface area contributed by atoms with Crippen molar-refractivity contribution in [1.82, 2.24) is 0 Å². The molecule has 0 spiro atoms. The summed E-state index contributed by atoms with van der Waals surface area (Å²) in [6.07, 6.45) is 1.04. The van der Waals surface area contributed by atoms with Crippen molar-refractivity contribution in [3.63, 3.8) is 0 Å². The van der Waals surface area contributed by atoms with E-state index in [4.69, 9.17) is 10.5 Å². The third-order valence-electron chi connectivity index (χ3n) is 2.53. The van der Waals surface area contributed by atoms with Crippen LogP contribution < -0.4 is 5.73 Å². The van der Waals surface area contributed by atoms with E-state index >= 15 is 0 Å². The van der Waals surface area contributed by atoms with E-state index in [1.807, 2.05) is 23.6 Å². The lowest BCUT2D eigenvalue weighted by atomic mass is 10.1. The van der Waals surface area contributed by atoms with Gasteiger partial charge in [-0.3, -0.25) is 4.79 Å². The Bertz CT molecular complexity index is 508. The van der Waals surface area contributed by atoms with Gasteiger partial charge in [0.2, 0.25) is 0 Å². The summed E-state index contributed by atoms with van der Waals surface area (Å²) < 4.78 is 5.18. The molecular weight excluding hydrogens is 246 g/mol. The molecule has 0 aliphatic rings. The molecule has 1 aromatic carbocycles. The predicted molar refractivity (Wildman–Crippen MR) is 73.5 cm³/mol. The number of hydrogen-bond donors (Lipinski definition) is 1. The largest absolute Gasteiger partial charge is 0.465 e. The Labute approximate surface area is 110 Å². The van der Waals surface area contributed by atoms with Crippen LogP contribution in [0.15, 0.2) is 41.1 Å². The second kappa shape index (κ2) is 6.21. The molecule has 1 heterocycles. The van der Waals surface area contributed by atoms with Crippen molar-refractivity contribution >= 4 is 23.0 Å².